The molecule has 0 aromatic carbocycles. The van der Waals surface area contributed by atoms with Crippen LogP contribution in [0.1, 0.15) is 10.6 Å². The van der Waals surface area contributed by atoms with Crippen molar-refractivity contribution in [2.75, 3.05) is 5.73 Å². The number of anilines is 1. The monoisotopic (exact) mass is 204 g/mol. The van der Waals surface area contributed by atoms with E-state index < -0.39 is 0 Å². The molecule has 5 heteroatoms. The van der Waals surface area contributed by atoms with Gasteiger partial charge in [0.25, 0.3) is 0 Å². The molecule has 2 aromatic rings. The minimum atomic E-state index is 0.325. The molecule has 3 N–H and O–H groups in total. The van der Waals surface area contributed by atoms with Gasteiger partial charge in [0.2, 0.25) is 0 Å². The molecule has 0 radical (unpaired) electrons. The number of pyridine rings is 1. The summed E-state index contributed by atoms with van der Waals surface area (Å²) in [5.41, 5.74) is 6.60. The first-order valence-electron chi connectivity index (χ1n) is 3.98. The zero-order chi connectivity index (χ0) is 9.97. The minimum absolute atomic E-state index is 0.325. The summed E-state index contributed by atoms with van der Waals surface area (Å²) >= 11 is 1.42. The fourth-order valence-corrected chi connectivity index (χ4v) is 1.69. The molecular formula is C9H8N4S. The summed E-state index contributed by atoms with van der Waals surface area (Å²) in [7, 11) is 0. The van der Waals surface area contributed by atoms with Crippen molar-refractivity contribution in [1.82, 2.24) is 9.97 Å². The van der Waals surface area contributed by atoms with E-state index in [0.717, 1.165) is 0 Å². The molecule has 0 saturated carbocycles. The lowest BCUT2D eigenvalue weighted by Crippen LogP contribution is -2.06. The molecule has 0 atom stereocenters. The third kappa shape index (κ3) is 1.49. The van der Waals surface area contributed by atoms with E-state index in [0.29, 0.717) is 22.1 Å². The van der Waals surface area contributed by atoms with Crippen molar-refractivity contribution in [1.29, 1.82) is 5.41 Å². The lowest BCUT2D eigenvalue weighted by molar-refractivity contribution is 1.30. The summed E-state index contributed by atoms with van der Waals surface area (Å²) in [6, 6.07) is 3.53. The van der Waals surface area contributed by atoms with Crippen molar-refractivity contribution in [2.24, 2.45) is 0 Å². The van der Waals surface area contributed by atoms with Crippen LogP contribution in [0, 0.1) is 5.41 Å². The maximum Gasteiger partial charge on any atom is 0.141 e. The average molecular weight is 204 g/mol. The van der Waals surface area contributed by atoms with Crippen LogP contribution in [0.25, 0.3) is 0 Å². The first-order chi connectivity index (χ1) is 6.79. The van der Waals surface area contributed by atoms with E-state index >= 15 is 0 Å². The highest BCUT2D eigenvalue weighted by Crippen LogP contribution is 2.15. The Kier molecular flexibility index (Phi) is 2.24. The maximum atomic E-state index is 7.86. The van der Waals surface area contributed by atoms with Crippen LogP contribution in [0.5, 0.6) is 0 Å². The molecule has 4 nitrogen and oxygen atoms in total. The molecular weight excluding hydrogens is 196 g/mol. The smallest absolute Gasteiger partial charge is 0.141 e. The molecule has 0 aliphatic heterocycles. The molecule has 70 valence electrons. The van der Waals surface area contributed by atoms with E-state index in [-0.39, 0.29) is 0 Å². The molecule has 0 unspecified atom stereocenters. The van der Waals surface area contributed by atoms with Crippen LogP contribution in [0.3, 0.4) is 0 Å². The summed E-state index contributed by atoms with van der Waals surface area (Å²) in [6.45, 7) is 0. The summed E-state index contributed by atoms with van der Waals surface area (Å²) in [4.78, 5) is 7.97. The maximum absolute atomic E-state index is 7.86. The van der Waals surface area contributed by atoms with Gasteiger partial charge in [-0.1, -0.05) is 0 Å². The SMILES string of the molecule is N=C(c1nccs1)c1cccnc1N. The largest absolute Gasteiger partial charge is 0.383 e. The van der Waals surface area contributed by atoms with Gasteiger partial charge in [0.05, 0.1) is 0 Å². The van der Waals surface area contributed by atoms with Gasteiger partial charge < -0.3 is 5.73 Å². The first kappa shape index (κ1) is 8.83. The Labute approximate surface area is 85.0 Å². The Morgan fingerprint density at radius 1 is 1.36 bits per heavy atom. The van der Waals surface area contributed by atoms with Crippen molar-refractivity contribution in [3.8, 4) is 0 Å². The summed E-state index contributed by atoms with van der Waals surface area (Å²) < 4.78 is 0. The van der Waals surface area contributed by atoms with Crippen LogP contribution in [0.2, 0.25) is 0 Å². The van der Waals surface area contributed by atoms with Gasteiger partial charge in [-0.05, 0) is 12.1 Å². The first-order valence-corrected chi connectivity index (χ1v) is 4.86. The van der Waals surface area contributed by atoms with E-state index in [4.69, 9.17) is 11.1 Å². The van der Waals surface area contributed by atoms with Crippen molar-refractivity contribution in [2.45, 2.75) is 0 Å². The lowest BCUT2D eigenvalue weighted by Gasteiger charge is -2.02. The molecule has 2 aromatic heterocycles. The van der Waals surface area contributed by atoms with Crippen LogP contribution in [0.15, 0.2) is 29.9 Å². The number of nitrogens with zero attached hydrogens (tertiary/aromatic N) is 2. The third-order valence-corrected chi connectivity index (χ3v) is 2.54. The van der Waals surface area contributed by atoms with Gasteiger partial charge in [0, 0.05) is 23.3 Å². The van der Waals surface area contributed by atoms with Crippen molar-refractivity contribution >= 4 is 22.9 Å². The number of nitrogens with two attached hydrogens (primary N) is 1. The highest BCUT2D eigenvalue weighted by atomic mass is 32.1. The van der Waals surface area contributed by atoms with E-state index in [9.17, 15) is 0 Å². The summed E-state index contributed by atoms with van der Waals surface area (Å²) in [6.07, 6.45) is 3.27. The van der Waals surface area contributed by atoms with Gasteiger partial charge in [-0.15, -0.1) is 11.3 Å². The number of nitrogen functional groups attached to an aromatic ring is 1. The average Bonchev–Trinajstić information content (AvgIpc) is 2.70. The zero-order valence-electron chi connectivity index (χ0n) is 7.27. The van der Waals surface area contributed by atoms with Gasteiger partial charge in [-0.25, -0.2) is 9.97 Å². The second-order valence-electron chi connectivity index (χ2n) is 2.65. The molecule has 2 heterocycles. The topological polar surface area (TPSA) is 75.7 Å². The second-order valence-corrected chi connectivity index (χ2v) is 3.54. The number of aromatic nitrogens is 2. The number of rotatable bonds is 2. The van der Waals surface area contributed by atoms with Crippen LogP contribution >= 0.6 is 11.3 Å². The number of nitrogens with one attached hydrogen (secondary N) is 1. The Bertz CT molecular complexity index is 450. The quantitative estimate of drug-likeness (QED) is 0.728. The van der Waals surface area contributed by atoms with Crippen LogP contribution < -0.4 is 5.73 Å². The van der Waals surface area contributed by atoms with E-state index in [1.54, 1.807) is 24.5 Å². The highest BCUT2D eigenvalue weighted by Gasteiger charge is 2.10. The van der Waals surface area contributed by atoms with Crippen LogP contribution in [-0.2, 0) is 0 Å². The highest BCUT2D eigenvalue weighted by molar-refractivity contribution is 7.11. The molecule has 14 heavy (non-hydrogen) atoms. The van der Waals surface area contributed by atoms with E-state index in [2.05, 4.69) is 9.97 Å². The molecule has 0 amide bonds. The fraction of sp³-hybridized carbons (Fsp3) is 0. The van der Waals surface area contributed by atoms with Gasteiger partial charge in [-0.3, -0.25) is 5.41 Å². The molecule has 0 saturated heterocycles. The van der Waals surface area contributed by atoms with Crippen molar-refractivity contribution < 1.29 is 0 Å². The third-order valence-electron chi connectivity index (χ3n) is 1.75. The predicted molar refractivity (Wildman–Crippen MR) is 56.7 cm³/mol. The van der Waals surface area contributed by atoms with Gasteiger partial charge in [-0.2, -0.15) is 0 Å². The standard InChI is InChI=1S/C9H8N4S/c10-7(9-13-4-5-14-9)6-2-1-3-12-8(6)11/h1-5,10H,(H2,11,12). The number of thiazole rings is 1. The molecule has 0 bridgehead atoms. The Morgan fingerprint density at radius 2 is 2.21 bits per heavy atom. The normalized spacial score (nSPS) is 10.0. The molecule has 0 fully saturated rings. The molecule has 2 rings (SSSR count). The second kappa shape index (κ2) is 3.55. The molecule has 0 aliphatic rings. The Balaban J connectivity index is 2.42. The van der Waals surface area contributed by atoms with Crippen molar-refractivity contribution in [3.05, 3.63) is 40.5 Å². The van der Waals surface area contributed by atoms with Crippen LogP contribution in [0.4, 0.5) is 5.82 Å². The number of hydrogen-bond donors (Lipinski definition) is 2. The Morgan fingerprint density at radius 3 is 2.86 bits per heavy atom. The molecule has 0 spiro atoms. The number of hydrogen-bond acceptors (Lipinski definition) is 5. The van der Waals surface area contributed by atoms with Crippen LogP contribution in [-0.4, -0.2) is 15.7 Å². The Hall–Kier alpha value is -1.75. The zero-order valence-corrected chi connectivity index (χ0v) is 8.08. The lowest BCUT2D eigenvalue weighted by atomic mass is 10.1. The van der Waals surface area contributed by atoms with Gasteiger partial charge >= 0.3 is 0 Å². The van der Waals surface area contributed by atoms with E-state index in [1.807, 2.05) is 5.38 Å². The van der Waals surface area contributed by atoms with Gasteiger partial charge in [0.15, 0.2) is 0 Å². The fourth-order valence-electron chi connectivity index (χ4n) is 1.09. The van der Waals surface area contributed by atoms with E-state index in [1.165, 1.54) is 11.3 Å². The van der Waals surface area contributed by atoms with Crippen molar-refractivity contribution in [3.63, 3.8) is 0 Å². The predicted octanol–water partition coefficient (Wildman–Crippen LogP) is 1.54. The molecule has 0 aliphatic carbocycles. The van der Waals surface area contributed by atoms with Gasteiger partial charge in [0.1, 0.15) is 16.5 Å². The summed E-state index contributed by atoms with van der Waals surface area (Å²) in [5, 5.41) is 10.3. The summed E-state index contributed by atoms with van der Waals surface area (Å²) in [5.74, 6) is 0.368. The minimum Gasteiger partial charge on any atom is -0.383 e.